The molecule has 2 aromatic rings. The van der Waals surface area contributed by atoms with Gasteiger partial charge in [-0.2, -0.15) is 5.10 Å². The lowest BCUT2D eigenvalue weighted by Gasteiger charge is -2.05. The minimum absolute atomic E-state index is 0.777. The van der Waals surface area contributed by atoms with Gasteiger partial charge in [0.2, 0.25) is 0 Å². The van der Waals surface area contributed by atoms with Crippen LogP contribution in [-0.4, -0.2) is 26.3 Å². The summed E-state index contributed by atoms with van der Waals surface area (Å²) in [4.78, 5) is 8.51. The number of aromatic nitrogens is 4. The molecule has 0 aliphatic heterocycles. The van der Waals surface area contributed by atoms with E-state index in [0.29, 0.717) is 0 Å². The molecule has 0 radical (unpaired) electrons. The Hall–Kier alpha value is -1.91. The van der Waals surface area contributed by atoms with E-state index in [4.69, 9.17) is 0 Å². The maximum Gasteiger partial charge on any atom is 0.154 e. The molecule has 0 aliphatic carbocycles. The molecule has 78 valence electrons. The summed E-state index contributed by atoms with van der Waals surface area (Å²) in [6.45, 7) is 2.84. The molecule has 5 heteroatoms. The normalized spacial score (nSPS) is 10.3. The predicted octanol–water partition coefficient (Wildman–Crippen LogP) is 1.31. The lowest BCUT2D eigenvalue weighted by Crippen LogP contribution is -2.02. The molecule has 2 rings (SSSR count). The van der Waals surface area contributed by atoms with Gasteiger partial charge in [-0.1, -0.05) is 0 Å². The van der Waals surface area contributed by atoms with Crippen LogP contribution < -0.4 is 5.32 Å². The number of nitrogens with zero attached hydrogens (tertiary/aromatic N) is 4. The zero-order valence-electron chi connectivity index (χ0n) is 8.81. The number of nitrogens with one attached hydrogen (secondary N) is 1. The van der Waals surface area contributed by atoms with Crippen LogP contribution in [0.2, 0.25) is 0 Å². The van der Waals surface area contributed by atoms with E-state index in [-0.39, 0.29) is 0 Å². The first-order chi connectivity index (χ1) is 7.31. The zero-order chi connectivity index (χ0) is 10.7. The van der Waals surface area contributed by atoms with Crippen molar-refractivity contribution in [2.24, 2.45) is 7.05 Å². The molecule has 2 aromatic heterocycles. The summed E-state index contributed by atoms with van der Waals surface area (Å²) in [6, 6.07) is 1.92. The van der Waals surface area contributed by atoms with E-state index >= 15 is 0 Å². The van der Waals surface area contributed by atoms with Crippen molar-refractivity contribution >= 4 is 5.82 Å². The maximum atomic E-state index is 4.30. The van der Waals surface area contributed by atoms with Gasteiger partial charge in [0, 0.05) is 32.2 Å². The molecular formula is C10H13N5. The maximum absolute atomic E-state index is 4.30. The Kier molecular flexibility index (Phi) is 2.62. The number of anilines is 1. The van der Waals surface area contributed by atoms with Gasteiger partial charge in [0.05, 0.1) is 0 Å². The van der Waals surface area contributed by atoms with Crippen molar-refractivity contribution in [2.75, 3.05) is 11.9 Å². The van der Waals surface area contributed by atoms with Crippen LogP contribution in [0.15, 0.2) is 24.7 Å². The highest BCUT2D eigenvalue weighted by Crippen LogP contribution is 2.20. The monoisotopic (exact) mass is 203 g/mol. The van der Waals surface area contributed by atoms with Crippen LogP contribution in [-0.2, 0) is 7.05 Å². The van der Waals surface area contributed by atoms with Crippen molar-refractivity contribution in [1.29, 1.82) is 0 Å². The summed E-state index contributed by atoms with van der Waals surface area (Å²) in [5.41, 5.74) is 1.63. The van der Waals surface area contributed by atoms with Gasteiger partial charge in [0.1, 0.15) is 11.4 Å². The average Bonchev–Trinajstić information content (AvgIpc) is 2.66. The summed E-state index contributed by atoms with van der Waals surface area (Å²) in [6.07, 6.45) is 5.23. The predicted molar refractivity (Wildman–Crippen MR) is 58.4 cm³/mol. The fraction of sp³-hybridized carbons (Fsp3) is 0.300. The second-order valence-electron chi connectivity index (χ2n) is 3.16. The molecule has 0 bridgehead atoms. The van der Waals surface area contributed by atoms with Crippen molar-refractivity contribution in [3.05, 3.63) is 24.7 Å². The minimum Gasteiger partial charge on any atom is -0.368 e. The van der Waals surface area contributed by atoms with E-state index in [2.05, 4.69) is 20.4 Å². The molecule has 0 aliphatic rings. The standard InChI is InChI=1S/C10H13N5/c1-3-11-10-9(12-5-6-13-10)8-4-7-15(2)14-8/h4-7H,3H2,1-2H3,(H,11,13). The third-order valence-corrected chi connectivity index (χ3v) is 2.00. The first-order valence-corrected chi connectivity index (χ1v) is 4.86. The molecule has 0 atom stereocenters. The van der Waals surface area contributed by atoms with Crippen molar-refractivity contribution in [1.82, 2.24) is 19.7 Å². The van der Waals surface area contributed by atoms with Crippen molar-refractivity contribution in [3.63, 3.8) is 0 Å². The van der Waals surface area contributed by atoms with Crippen LogP contribution in [0.25, 0.3) is 11.4 Å². The van der Waals surface area contributed by atoms with E-state index in [9.17, 15) is 0 Å². The highest BCUT2D eigenvalue weighted by Gasteiger charge is 2.08. The Balaban J connectivity index is 2.42. The van der Waals surface area contributed by atoms with Gasteiger partial charge in [-0.05, 0) is 13.0 Å². The van der Waals surface area contributed by atoms with Crippen molar-refractivity contribution in [2.45, 2.75) is 6.92 Å². The van der Waals surface area contributed by atoms with E-state index in [0.717, 1.165) is 23.8 Å². The van der Waals surface area contributed by atoms with E-state index < -0.39 is 0 Å². The fourth-order valence-electron chi connectivity index (χ4n) is 1.36. The summed E-state index contributed by atoms with van der Waals surface area (Å²) >= 11 is 0. The van der Waals surface area contributed by atoms with Crippen LogP contribution in [0.5, 0.6) is 0 Å². The molecule has 0 saturated heterocycles. The second-order valence-corrected chi connectivity index (χ2v) is 3.16. The van der Waals surface area contributed by atoms with Gasteiger partial charge in [0.25, 0.3) is 0 Å². The summed E-state index contributed by atoms with van der Waals surface area (Å²) < 4.78 is 1.75. The summed E-state index contributed by atoms with van der Waals surface area (Å²) in [5.74, 6) is 0.777. The van der Waals surface area contributed by atoms with Gasteiger partial charge in [-0.25, -0.2) is 9.97 Å². The lowest BCUT2D eigenvalue weighted by atomic mass is 10.3. The highest BCUT2D eigenvalue weighted by molar-refractivity contribution is 5.67. The van der Waals surface area contributed by atoms with Crippen LogP contribution >= 0.6 is 0 Å². The van der Waals surface area contributed by atoms with Crippen LogP contribution in [0.3, 0.4) is 0 Å². The van der Waals surface area contributed by atoms with Crippen LogP contribution in [0.4, 0.5) is 5.82 Å². The van der Waals surface area contributed by atoms with Gasteiger partial charge in [-0.15, -0.1) is 0 Å². The van der Waals surface area contributed by atoms with Crippen molar-refractivity contribution in [3.8, 4) is 11.4 Å². The second kappa shape index (κ2) is 4.08. The molecule has 0 saturated carbocycles. The fourth-order valence-corrected chi connectivity index (χ4v) is 1.36. The Morgan fingerprint density at radius 1 is 1.33 bits per heavy atom. The Morgan fingerprint density at radius 3 is 2.80 bits per heavy atom. The summed E-state index contributed by atoms with van der Waals surface area (Å²) in [5, 5.41) is 7.46. The summed E-state index contributed by atoms with van der Waals surface area (Å²) in [7, 11) is 1.88. The molecule has 15 heavy (non-hydrogen) atoms. The largest absolute Gasteiger partial charge is 0.368 e. The zero-order valence-corrected chi connectivity index (χ0v) is 8.81. The molecule has 0 fully saturated rings. The van der Waals surface area contributed by atoms with Gasteiger partial charge < -0.3 is 5.32 Å². The van der Waals surface area contributed by atoms with Crippen LogP contribution in [0, 0.1) is 0 Å². The van der Waals surface area contributed by atoms with E-state index in [1.807, 2.05) is 26.2 Å². The highest BCUT2D eigenvalue weighted by atomic mass is 15.3. The van der Waals surface area contributed by atoms with Gasteiger partial charge >= 0.3 is 0 Å². The molecule has 0 aromatic carbocycles. The Labute approximate surface area is 88.2 Å². The third kappa shape index (κ3) is 1.96. The Morgan fingerprint density at radius 2 is 2.13 bits per heavy atom. The molecule has 5 nitrogen and oxygen atoms in total. The first-order valence-electron chi connectivity index (χ1n) is 4.86. The Bertz CT molecular complexity index is 449. The van der Waals surface area contributed by atoms with E-state index in [1.54, 1.807) is 17.1 Å². The van der Waals surface area contributed by atoms with Crippen molar-refractivity contribution < 1.29 is 0 Å². The first kappa shape index (κ1) is 9.64. The molecule has 0 unspecified atom stereocenters. The smallest absolute Gasteiger partial charge is 0.154 e. The number of hydrogen-bond acceptors (Lipinski definition) is 4. The van der Waals surface area contributed by atoms with Gasteiger partial charge in [0.15, 0.2) is 5.82 Å². The van der Waals surface area contributed by atoms with Crippen LogP contribution in [0.1, 0.15) is 6.92 Å². The third-order valence-electron chi connectivity index (χ3n) is 2.00. The van der Waals surface area contributed by atoms with Gasteiger partial charge in [-0.3, -0.25) is 4.68 Å². The minimum atomic E-state index is 0.777. The van der Waals surface area contributed by atoms with E-state index in [1.165, 1.54) is 0 Å². The topological polar surface area (TPSA) is 55.6 Å². The molecule has 0 spiro atoms. The molecule has 2 heterocycles. The average molecular weight is 203 g/mol. The molecule has 1 N–H and O–H groups in total. The molecule has 0 amide bonds. The SMILES string of the molecule is CCNc1nccnc1-c1ccn(C)n1. The molecular weight excluding hydrogens is 190 g/mol. The lowest BCUT2D eigenvalue weighted by molar-refractivity contribution is 0.770. The number of aryl methyl sites for hydroxylation is 1. The quantitative estimate of drug-likeness (QED) is 0.817. The number of hydrogen-bond donors (Lipinski definition) is 1. The number of rotatable bonds is 3.